The zero-order chi connectivity index (χ0) is 22.3. The highest BCUT2D eigenvalue weighted by molar-refractivity contribution is 7.99. The molecule has 0 spiro atoms. The molecule has 0 aliphatic rings. The van der Waals surface area contributed by atoms with Crippen LogP contribution in [0, 0.1) is 11.3 Å². The van der Waals surface area contributed by atoms with E-state index in [2.05, 4.69) is 6.07 Å². The number of carbonyl (C=O) groups is 1. The SMILES string of the molecule is N#Cc1ccccc1Sc1ccccc1C(=O)Oc1ccc(Cl)cc1Cc1ccccc1. The monoisotopic (exact) mass is 455 g/mol. The minimum Gasteiger partial charge on any atom is -0.423 e. The maximum atomic E-state index is 13.1. The molecule has 156 valence electrons. The molecule has 0 atom stereocenters. The van der Waals surface area contributed by atoms with Gasteiger partial charge in [-0.05, 0) is 48.0 Å². The molecule has 0 radical (unpaired) electrons. The molecule has 5 heteroatoms. The maximum Gasteiger partial charge on any atom is 0.344 e. The first-order valence-corrected chi connectivity index (χ1v) is 11.1. The summed E-state index contributed by atoms with van der Waals surface area (Å²) in [5.41, 5.74) is 2.92. The summed E-state index contributed by atoms with van der Waals surface area (Å²) in [5.74, 6) is 0.0136. The average Bonchev–Trinajstić information content (AvgIpc) is 2.82. The Labute approximate surface area is 196 Å². The van der Waals surface area contributed by atoms with E-state index in [4.69, 9.17) is 16.3 Å². The summed E-state index contributed by atoms with van der Waals surface area (Å²) in [6.07, 6.45) is 0.593. The summed E-state index contributed by atoms with van der Waals surface area (Å²) in [5, 5.41) is 9.96. The summed E-state index contributed by atoms with van der Waals surface area (Å²) in [4.78, 5) is 14.6. The van der Waals surface area contributed by atoms with Crippen LogP contribution in [0.25, 0.3) is 0 Å². The Morgan fingerprint density at radius 2 is 1.56 bits per heavy atom. The number of benzene rings is 4. The number of ether oxygens (including phenoxy) is 1. The van der Waals surface area contributed by atoms with E-state index < -0.39 is 5.97 Å². The molecule has 0 unspecified atom stereocenters. The molecule has 0 aromatic heterocycles. The van der Waals surface area contributed by atoms with Crippen LogP contribution < -0.4 is 4.74 Å². The van der Waals surface area contributed by atoms with Gasteiger partial charge in [0, 0.05) is 26.8 Å². The van der Waals surface area contributed by atoms with Crippen LogP contribution in [-0.4, -0.2) is 5.97 Å². The highest BCUT2D eigenvalue weighted by Crippen LogP contribution is 2.34. The lowest BCUT2D eigenvalue weighted by Gasteiger charge is -2.13. The molecule has 4 aromatic rings. The molecule has 4 aromatic carbocycles. The number of carbonyl (C=O) groups excluding carboxylic acids is 1. The summed E-state index contributed by atoms with van der Waals surface area (Å²) in [6, 6.07) is 31.9. The minimum atomic E-state index is -0.459. The Morgan fingerprint density at radius 1 is 0.875 bits per heavy atom. The Morgan fingerprint density at radius 3 is 2.34 bits per heavy atom. The van der Waals surface area contributed by atoms with E-state index in [0.29, 0.717) is 28.3 Å². The fourth-order valence-corrected chi connectivity index (χ4v) is 4.46. The van der Waals surface area contributed by atoms with Gasteiger partial charge in [-0.3, -0.25) is 0 Å². The lowest BCUT2D eigenvalue weighted by molar-refractivity contribution is 0.0729. The van der Waals surface area contributed by atoms with Gasteiger partial charge in [0.05, 0.1) is 11.1 Å². The van der Waals surface area contributed by atoms with Crippen molar-refractivity contribution < 1.29 is 9.53 Å². The topological polar surface area (TPSA) is 50.1 Å². The number of nitrogens with zero attached hydrogens (tertiary/aromatic N) is 1. The number of rotatable bonds is 6. The number of nitriles is 1. The second-order valence-corrected chi connectivity index (χ2v) is 8.53. The van der Waals surface area contributed by atoms with Gasteiger partial charge in [0.25, 0.3) is 0 Å². The van der Waals surface area contributed by atoms with Crippen molar-refractivity contribution in [2.45, 2.75) is 16.2 Å². The van der Waals surface area contributed by atoms with Crippen LogP contribution in [0.4, 0.5) is 0 Å². The van der Waals surface area contributed by atoms with E-state index in [1.54, 1.807) is 30.3 Å². The average molecular weight is 456 g/mol. The summed E-state index contributed by atoms with van der Waals surface area (Å²) >= 11 is 7.58. The van der Waals surface area contributed by atoms with Crippen molar-refractivity contribution >= 4 is 29.3 Å². The largest absolute Gasteiger partial charge is 0.423 e. The van der Waals surface area contributed by atoms with Crippen LogP contribution in [0.5, 0.6) is 5.75 Å². The zero-order valence-corrected chi connectivity index (χ0v) is 18.6. The molecule has 0 N–H and O–H groups in total. The lowest BCUT2D eigenvalue weighted by Crippen LogP contribution is -2.11. The maximum absolute atomic E-state index is 13.1. The lowest BCUT2D eigenvalue weighted by atomic mass is 10.0. The van der Waals surface area contributed by atoms with Crippen LogP contribution in [0.2, 0.25) is 5.02 Å². The summed E-state index contributed by atoms with van der Waals surface area (Å²) in [6.45, 7) is 0. The Hall–Kier alpha value is -3.52. The summed E-state index contributed by atoms with van der Waals surface area (Å²) < 4.78 is 5.82. The van der Waals surface area contributed by atoms with E-state index in [-0.39, 0.29) is 0 Å². The highest BCUT2D eigenvalue weighted by atomic mass is 35.5. The molecule has 0 heterocycles. The molecular weight excluding hydrogens is 438 g/mol. The Bertz CT molecular complexity index is 1300. The smallest absolute Gasteiger partial charge is 0.344 e. The first-order valence-electron chi connectivity index (χ1n) is 9.94. The van der Waals surface area contributed by atoms with Gasteiger partial charge in [-0.1, -0.05) is 78.0 Å². The molecule has 0 aliphatic heterocycles. The molecule has 0 aliphatic carbocycles. The number of halogens is 1. The minimum absolute atomic E-state index is 0.436. The quantitative estimate of drug-likeness (QED) is 0.228. The predicted octanol–water partition coefficient (Wildman–Crippen LogP) is 7.17. The molecule has 4 rings (SSSR count). The van der Waals surface area contributed by atoms with Crippen LogP contribution >= 0.6 is 23.4 Å². The molecule has 0 saturated heterocycles. The second-order valence-electron chi connectivity index (χ2n) is 7.01. The number of hydrogen-bond acceptors (Lipinski definition) is 4. The highest BCUT2D eigenvalue weighted by Gasteiger charge is 2.17. The van der Waals surface area contributed by atoms with Gasteiger partial charge in [0.1, 0.15) is 11.8 Å². The molecule has 0 saturated carbocycles. The van der Waals surface area contributed by atoms with Gasteiger partial charge in [0.15, 0.2) is 0 Å². The fraction of sp³-hybridized carbons (Fsp3) is 0.0370. The van der Waals surface area contributed by atoms with Crippen molar-refractivity contribution in [3.05, 3.63) is 124 Å². The third kappa shape index (κ3) is 5.20. The van der Waals surface area contributed by atoms with Gasteiger partial charge >= 0.3 is 5.97 Å². The van der Waals surface area contributed by atoms with E-state index in [0.717, 1.165) is 20.9 Å². The standard InChI is InChI=1S/C27H18ClNO2S/c28-22-14-15-24(21(17-22)16-19-8-2-1-3-9-19)31-27(30)23-11-5-7-13-26(23)32-25-12-6-4-10-20(25)18-29/h1-15,17H,16H2. The van der Waals surface area contributed by atoms with E-state index in [1.807, 2.05) is 66.7 Å². The van der Waals surface area contributed by atoms with Gasteiger partial charge < -0.3 is 4.74 Å². The second kappa shape index (κ2) is 10.2. The Kier molecular flexibility index (Phi) is 6.91. The van der Waals surface area contributed by atoms with Crippen LogP contribution in [0.3, 0.4) is 0 Å². The summed E-state index contributed by atoms with van der Waals surface area (Å²) in [7, 11) is 0. The number of hydrogen-bond donors (Lipinski definition) is 0. The number of esters is 1. The third-order valence-corrected chi connectivity index (χ3v) is 6.18. The first-order chi connectivity index (χ1) is 15.6. The van der Waals surface area contributed by atoms with E-state index in [1.165, 1.54) is 11.8 Å². The molecule has 0 amide bonds. The van der Waals surface area contributed by atoms with Crippen molar-refractivity contribution in [1.29, 1.82) is 5.26 Å². The predicted molar refractivity (Wildman–Crippen MR) is 127 cm³/mol. The Balaban J connectivity index is 1.61. The van der Waals surface area contributed by atoms with Crippen molar-refractivity contribution in [3.8, 4) is 11.8 Å². The molecule has 0 bridgehead atoms. The van der Waals surface area contributed by atoms with E-state index in [9.17, 15) is 10.1 Å². The van der Waals surface area contributed by atoms with Gasteiger partial charge in [-0.2, -0.15) is 5.26 Å². The van der Waals surface area contributed by atoms with Crippen molar-refractivity contribution in [2.75, 3.05) is 0 Å². The normalized spacial score (nSPS) is 10.4. The van der Waals surface area contributed by atoms with Crippen molar-refractivity contribution in [1.82, 2.24) is 0 Å². The molecule has 0 fully saturated rings. The molecule has 32 heavy (non-hydrogen) atoms. The fourth-order valence-electron chi connectivity index (χ4n) is 3.25. The van der Waals surface area contributed by atoms with E-state index >= 15 is 0 Å². The van der Waals surface area contributed by atoms with Gasteiger partial charge in [-0.15, -0.1) is 0 Å². The van der Waals surface area contributed by atoms with Gasteiger partial charge in [0.2, 0.25) is 0 Å². The zero-order valence-electron chi connectivity index (χ0n) is 17.0. The third-order valence-electron chi connectivity index (χ3n) is 4.80. The molecular formula is C27H18ClNO2S. The first kappa shape index (κ1) is 21.7. The van der Waals surface area contributed by atoms with Gasteiger partial charge in [-0.25, -0.2) is 4.79 Å². The van der Waals surface area contributed by atoms with Crippen molar-refractivity contribution in [2.24, 2.45) is 0 Å². The molecule has 3 nitrogen and oxygen atoms in total. The van der Waals surface area contributed by atoms with Crippen molar-refractivity contribution in [3.63, 3.8) is 0 Å². The van der Waals surface area contributed by atoms with Crippen LogP contribution in [0.1, 0.15) is 27.0 Å². The van der Waals surface area contributed by atoms with Crippen LogP contribution in [0.15, 0.2) is 107 Å². The van der Waals surface area contributed by atoms with Crippen LogP contribution in [-0.2, 0) is 6.42 Å².